The van der Waals surface area contributed by atoms with Crippen molar-refractivity contribution in [2.75, 3.05) is 12.4 Å². The van der Waals surface area contributed by atoms with Crippen LogP contribution < -0.4 is 10.1 Å². The molecule has 3 aromatic heterocycles. The molecular weight excluding hydrogens is 478 g/mol. The molecule has 188 valence electrons. The van der Waals surface area contributed by atoms with E-state index in [1.807, 2.05) is 41.9 Å². The summed E-state index contributed by atoms with van der Waals surface area (Å²) in [4.78, 5) is 17.8. The van der Waals surface area contributed by atoms with Crippen molar-refractivity contribution in [3.8, 4) is 17.0 Å². The van der Waals surface area contributed by atoms with Gasteiger partial charge in [0.2, 0.25) is 0 Å². The number of hydrogen-bond acceptors (Lipinski definition) is 5. The quantitative estimate of drug-likeness (QED) is 0.320. The second-order valence-electron chi connectivity index (χ2n) is 8.53. The number of hydrogen-bond donors (Lipinski definition) is 1. The number of methoxy groups -OCH3 is 1. The zero-order valence-corrected chi connectivity index (χ0v) is 20.4. The number of carbonyl (C=O) groups is 1. The largest absolute Gasteiger partial charge is 0.497 e. The second kappa shape index (κ2) is 9.81. The van der Waals surface area contributed by atoms with E-state index in [9.17, 15) is 13.6 Å². The molecule has 10 heteroatoms. The number of ether oxygens (including phenoxy) is 1. The third-order valence-corrected chi connectivity index (χ3v) is 6.15. The molecule has 0 aliphatic heterocycles. The first-order valence-corrected chi connectivity index (χ1v) is 11.6. The van der Waals surface area contributed by atoms with E-state index in [2.05, 4.69) is 20.5 Å². The predicted octanol–water partition coefficient (Wildman–Crippen LogP) is 5.46. The normalized spacial score (nSPS) is 11.3. The van der Waals surface area contributed by atoms with E-state index in [0.717, 1.165) is 15.8 Å². The average Bonchev–Trinajstić information content (AvgIpc) is 3.45. The van der Waals surface area contributed by atoms with Crippen LogP contribution in [0.2, 0.25) is 0 Å². The number of fused-ring (bicyclic) bond motifs is 1. The van der Waals surface area contributed by atoms with Crippen molar-refractivity contribution in [2.45, 2.75) is 26.8 Å². The zero-order chi connectivity index (χ0) is 26.1. The van der Waals surface area contributed by atoms with E-state index in [1.165, 1.54) is 12.3 Å². The van der Waals surface area contributed by atoms with Crippen molar-refractivity contribution >= 4 is 17.2 Å². The number of nitrogens with one attached hydrogen (secondary N) is 1. The molecule has 5 rings (SSSR count). The zero-order valence-electron chi connectivity index (χ0n) is 20.4. The minimum absolute atomic E-state index is 0.0353. The maximum absolute atomic E-state index is 13.9. The maximum Gasteiger partial charge on any atom is 0.280 e. The molecule has 3 heterocycles. The highest BCUT2D eigenvalue weighted by atomic mass is 19.3. The molecule has 0 saturated carbocycles. The number of carbonyl (C=O) groups excluding carboxylic acids is 1. The summed E-state index contributed by atoms with van der Waals surface area (Å²) in [6.45, 7) is 4.21. The van der Waals surface area contributed by atoms with Gasteiger partial charge in [-0.3, -0.25) is 9.48 Å². The third kappa shape index (κ3) is 4.65. The van der Waals surface area contributed by atoms with Crippen LogP contribution in [0.25, 0.3) is 16.9 Å². The second-order valence-corrected chi connectivity index (χ2v) is 8.53. The molecule has 0 radical (unpaired) electrons. The topological polar surface area (TPSA) is 86.3 Å². The molecule has 2 aromatic carbocycles. The monoisotopic (exact) mass is 502 g/mol. The van der Waals surface area contributed by atoms with Crippen molar-refractivity contribution < 1.29 is 18.3 Å². The van der Waals surface area contributed by atoms with Gasteiger partial charge in [-0.15, -0.1) is 0 Å². The molecule has 5 aromatic rings. The Hall–Kier alpha value is -4.60. The fourth-order valence-electron chi connectivity index (χ4n) is 4.18. The number of aromatic nitrogens is 5. The molecule has 0 unspecified atom stereocenters. The van der Waals surface area contributed by atoms with Gasteiger partial charge in [0.25, 0.3) is 12.3 Å². The van der Waals surface area contributed by atoms with Gasteiger partial charge < -0.3 is 10.1 Å². The Bertz CT molecular complexity index is 1580. The highest BCUT2D eigenvalue weighted by molar-refractivity contribution is 6.08. The molecular formula is C27H24F2N6O2. The van der Waals surface area contributed by atoms with Crippen molar-refractivity contribution in [1.82, 2.24) is 24.4 Å². The molecule has 0 spiro atoms. The lowest BCUT2D eigenvalue weighted by Gasteiger charge is -2.10. The number of halogens is 2. The number of anilines is 1. The minimum atomic E-state index is -2.82. The first kappa shape index (κ1) is 24.1. The number of alkyl halides is 2. The Kier molecular flexibility index (Phi) is 6.39. The van der Waals surface area contributed by atoms with Crippen LogP contribution in [0.5, 0.6) is 5.75 Å². The summed E-state index contributed by atoms with van der Waals surface area (Å²) in [6, 6.07) is 18.0. The van der Waals surface area contributed by atoms with E-state index in [-0.39, 0.29) is 16.9 Å². The van der Waals surface area contributed by atoms with Crippen LogP contribution in [0.3, 0.4) is 0 Å². The van der Waals surface area contributed by atoms with E-state index in [4.69, 9.17) is 4.74 Å². The summed E-state index contributed by atoms with van der Waals surface area (Å²) in [5.74, 6) is 0.113. The van der Waals surface area contributed by atoms with Crippen molar-refractivity contribution in [3.05, 3.63) is 95.1 Å². The highest BCUT2D eigenvalue weighted by Gasteiger charge is 2.23. The number of nitrogens with zero attached hydrogens (tertiary/aromatic N) is 5. The van der Waals surface area contributed by atoms with Crippen LogP contribution in [0.15, 0.2) is 66.9 Å². The van der Waals surface area contributed by atoms with Crippen LogP contribution in [0.4, 0.5) is 14.5 Å². The summed E-state index contributed by atoms with van der Waals surface area (Å²) >= 11 is 0. The fourth-order valence-corrected chi connectivity index (χ4v) is 4.18. The third-order valence-electron chi connectivity index (χ3n) is 6.15. The lowest BCUT2D eigenvalue weighted by Crippen LogP contribution is -2.14. The number of aryl methyl sites for hydroxylation is 1. The smallest absolute Gasteiger partial charge is 0.280 e. The molecule has 37 heavy (non-hydrogen) atoms. The molecule has 1 amide bonds. The summed E-state index contributed by atoms with van der Waals surface area (Å²) < 4.78 is 35.9. The summed E-state index contributed by atoms with van der Waals surface area (Å²) in [5, 5.41) is 11.5. The SMILES string of the molecule is COc1ccc(-c2cc(C(F)F)n3ncc(C(=O)Nc4c(C)nn(Cc5ccccc5)c4C)c3n2)cc1. The Morgan fingerprint density at radius 3 is 2.49 bits per heavy atom. The first-order valence-electron chi connectivity index (χ1n) is 11.6. The fraction of sp³-hybridized carbons (Fsp3) is 0.185. The van der Waals surface area contributed by atoms with Crippen molar-refractivity contribution in [2.24, 2.45) is 0 Å². The number of benzene rings is 2. The summed E-state index contributed by atoms with van der Waals surface area (Å²) in [7, 11) is 1.54. The van der Waals surface area contributed by atoms with Crippen LogP contribution in [0.1, 0.15) is 39.4 Å². The van der Waals surface area contributed by atoms with Gasteiger partial charge in [-0.1, -0.05) is 30.3 Å². The summed E-state index contributed by atoms with van der Waals surface area (Å²) in [6.07, 6.45) is -1.57. The minimum Gasteiger partial charge on any atom is -0.497 e. The van der Waals surface area contributed by atoms with E-state index in [0.29, 0.717) is 34.9 Å². The number of amides is 1. The van der Waals surface area contributed by atoms with Crippen molar-refractivity contribution in [1.29, 1.82) is 0 Å². The van der Waals surface area contributed by atoms with Crippen LogP contribution in [0, 0.1) is 13.8 Å². The van der Waals surface area contributed by atoms with Gasteiger partial charge in [0, 0.05) is 5.56 Å². The molecule has 0 atom stereocenters. The first-order chi connectivity index (χ1) is 17.9. The Morgan fingerprint density at radius 2 is 1.81 bits per heavy atom. The van der Waals surface area contributed by atoms with Gasteiger partial charge in [0.05, 0.1) is 42.6 Å². The molecule has 0 bridgehead atoms. The van der Waals surface area contributed by atoms with Gasteiger partial charge >= 0.3 is 0 Å². The van der Waals surface area contributed by atoms with Crippen LogP contribution in [-0.4, -0.2) is 37.4 Å². The maximum atomic E-state index is 13.9. The lowest BCUT2D eigenvalue weighted by atomic mass is 10.1. The molecule has 0 aliphatic rings. The highest BCUT2D eigenvalue weighted by Crippen LogP contribution is 2.29. The van der Waals surface area contributed by atoms with E-state index >= 15 is 0 Å². The number of rotatable bonds is 7. The van der Waals surface area contributed by atoms with Gasteiger partial charge in [-0.05, 0) is 49.7 Å². The Morgan fingerprint density at radius 1 is 1.08 bits per heavy atom. The van der Waals surface area contributed by atoms with Gasteiger partial charge in [-0.2, -0.15) is 10.2 Å². The Balaban J connectivity index is 1.50. The predicted molar refractivity (Wildman–Crippen MR) is 135 cm³/mol. The molecule has 8 nitrogen and oxygen atoms in total. The average molecular weight is 503 g/mol. The molecule has 0 aliphatic carbocycles. The standard InChI is InChI=1S/C27H24F2N6O2/c1-16-24(17(2)34(33-16)15-18-7-5-4-6-8-18)32-27(36)21-14-30-35-23(25(28)29)13-22(31-26(21)35)19-9-11-20(37-3)12-10-19/h4-14,25H,15H2,1-3H3,(H,32,36). The summed E-state index contributed by atoms with van der Waals surface area (Å²) in [5.41, 5.74) is 3.68. The lowest BCUT2D eigenvalue weighted by molar-refractivity contribution is 0.102. The molecule has 0 saturated heterocycles. The van der Waals surface area contributed by atoms with Gasteiger partial charge in [0.1, 0.15) is 17.0 Å². The van der Waals surface area contributed by atoms with Crippen LogP contribution >= 0.6 is 0 Å². The van der Waals surface area contributed by atoms with E-state index < -0.39 is 12.3 Å². The van der Waals surface area contributed by atoms with Gasteiger partial charge in [0.15, 0.2) is 5.65 Å². The molecule has 1 N–H and O–H groups in total. The van der Waals surface area contributed by atoms with E-state index in [1.54, 1.807) is 38.3 Å². The molecule has 0 fully saturated rings. The van der Waals surface area contributed by atoms with Gasteiger partial charge in [-0.25, -0.2) is 18.3 Å². The Labute approximate surface area is 211 Å². The van der Waals surface area contributed by atoms with Crippen molar-refractivity contribution in [3.63, 3.8) is 0 Å². The van der Waals surface area contributed by atoms with Crippen LogP contribution in [-0.2, 0) is 6.54 Å².